The second-order valence-electron chi connectivity index (χ2n) is 19.2. The Morgan fingerprint density at radius 1 is 1.02 bits per heavy atom. The largest absolute Gasteiger partial charge is 0.493 e. The van der Waals surface area contributed by atoms with E-state index in [0.717, 1.165) is 106 Å². The number of fused-ring (bicyclic) bond motifs is 2. The molecule has 0 radical (unpaired) electrons. The van der Waals surface area contributed by atoms with E-state index in [-0.39, 0.29) is 40.2 Å². The Hall–Kier alpha value is -5.48. The number of methoxy groups -OCH3 is 1. The Bertz CT molecular complexity index is 2760. The SMILES string of the molecule is COC1CCC(C[C@H]2COc3cc(S(=O)(=O)NC(=O)c4ccc(N5CCN(CC6=C(c7ccc(Cl)cc7)CC(C)(C)CC6)CC5)cc4Oc4cnc5[nH]ccc5c4)cc([N+](=O)[O-])c3C2)CC1. The van der Waals surface area contributed by atoms with Crippen LogP contribution in [-0.4, -0.2) is 86.7 Å². The lowest BCUT2D eigenvalue weighted by Gasteiger charge is -2.39. The van der Waals surface area contributed by atoms with E-state index in [4.69, 9.17) is 25.8 Å². The lowest BCUT2D eigenvalue weighted by Crippen LogP contribution is -2.47. The third-order valence-electron chi connectivity index (χ3n) is 14.0. The van der Waals surface area contributed by atoms with Crippen LogP contribution >= 0.6 is 11.6 Å². The number of carbonyl (C=O) groups excluding carboxylic acids is 1. The van der Waals surface area contributed by atoms with Crippen molar-refractivity contribution in [2.75, 3.05) is 51.3 Å². The van der Waals surface area contributed by atoms with Crippen molar-refractivity contribution in [1.29, 1.82) is 0 Å². The molecule has 2 N–H and O–H groups in total. The number of rotatable bonds is 13. The van der Waals surface area contributed by atoms with Gasteiger partial charge in [-0.25, -0.2) is 18.1 Å². The average Bonchev–Trinajstić information content (AvgIpc) is 3.78. The van der Waals surface area contributed by atoms with Gasteiger partial charge in [0.05, 0.1) is 39.9 Å². The van der Waals surface area contributed by atoms with Crippen molar-refractivity contribution in [1.82, 2.24) is 19.6 Å². The van der Waals surface area contributed by atoms with Gasteiger partial charge in [0.15, 0.2) is 0 Å². The van der Waals surface area contributed by atoms with Crippen LogP contribution in [-0.2, 0) is 21.2 Å². The van der Waals surface area contributed by atoms with Crippen LogP contribution in [0.3, 0.4) is 0 Å². The Morgan fingerprint density at radius 2 is 1.79 bits per heavy atom. The lowest BCUT2D eigenvalue weighted by molar-refractivity contribution is -0.386. The van der Waals surface area contributed by atoms with Crippen molar-refractivity contribution in [2.45, 2.75) is 82.6 Å². The van der Waals surface area contributed by atoms with Gasteiger partial charge >= 0.3 is 0 Å². The van der Waals surface area contributed by atoms with E-state index in [2.05, 4.69) is 50.5 Å². The Kier molecular flexibility index (Phi) is 13.2. The molecule has 14 nitrogen and oxygen atoms in total. The zero-order valence-electron chi connectivity index (χ0n) is 37.7. The highest BCUT2D eigenvalue weighted by Gasteiger charge is 2.35. The minimum atomic E-state index is -4.62. The molecule has 0 spiro atoms. The first kappa shape index (κ1) is 45.7. The second-order valence-corrected chi connectivity index (χ2v) is 21.3. The molecule has 2 fully saturated rings. The summed E-state index contributed by atoms with van der Waals surface area (Å²) in [6.07, 6.45) is 12.0. The van der Waals surface area contributed by atoms with Crippen molar-refractivity contribution < 1.29 is 32.3 Å². The molecule has 2 aliphatic heterocycles. The highest BCUT2D eigenvalue weighted by molar-refractivity contribution is 7.90. The number of hydrogen-bond acceptors (Lipinski definition) is 11. The fourth-order valence-corrected chi connectivity index (χ4v) is 11.4. The lowest BCUT2D eigenvalue weighted by atomic mass is 9.72. The number of nitrogens with one attached hydrogen (secondary N) is 2. The van der Waals surface area contributed by atoms with Gasteiger partial charge in [0, 0.05) is 80.3 Å². The number of nitrogens with zero attached hydrogens (tertiary/aromatic N) is 4. The van der Waals surface area contributed by atoms with Gasteiger partial charge in [-0.05, 0) is 123 Å². The summed E-state index contributed by atoms with van der Waals surface area (Å²) in [7, 11) is -2.89. The van der Waals surface area contributed by atoms with Crippen molar-refractivity contribution in [3.63, 3.8) is 0 Å². The van der Waals surface area contributed by atoms with Gasteiger partial charge in [0.2, 0.25) is 0 Å². The molecule has 4 aliphatic rings. The number of hydrogen-bond donors (Lipinski definition) is 2. The van der Waals surface area contributed by atoms with E-state index in [9.17, 15) is 23.3 Å². The van der Waals surface area contributed by atoms with Gasteiger partial charge in [-0.1, -0.05) is 43.2 Å². The maximum Gasteiger partial charge on any atom is 0.277 e. The number of halogens is 1. The molecule has 9 rings (SSSR count). The molecule has 1 saturated carbocycles. The predicted octanol–water partition coefficient (Wildman–Crippen LogP) is 9.97. The van der Waals surface area contributed by atoms with Crippen LogP contribution in [0.1, 0.15) is 86.7 Å². The number of pyridine rings is 1. The maximum atomic E-state index is 14.1. The third-order valence-corrected chi connectivity index (χ3v) is 15.6. The molecule has 0 bridgehead atoms. The summed E-state index contributed by atoms with van der Waals surface area (Å²) >= 11 is 6.25. The second kappa shape index (κ2) is 19.0. The highest BCUT2D eigenvalue weighted by atomic mass is 35.5. The molecule has 66 heavy (non-hydrogen) atoms. The number of aromatic amines is 1. The van der Waals surface area contributed by atoms with Crippen molar-refractivity contribution in [3.8, 4) is 17.2 Å². The van der Waals surface area contributed by atoms with Gasteiger partial charge in [-0.15, -0.1) is 0 Å². The number of benzene rings is 3. The van der Waals surface area contributed by atoms with E-state index >= 15 is 0 Å². The third kappa shape index (κ3) is 10.2. The number of amides is 1. The quantitative estimate of drug-likeness (QED) is 0.0851. The molecule has 348 valence electrons. The van der Waals surface area contributed by atoms with Crippen LogP contribution in [0.5, 0.6) is 17.2 Å². The normalized spacial score (nSPS) is 21.3. The molecule has 2 aromatic heterocycles. The van der Waals surface area contributed by atoms with E-state index in [0.29, 0.717) is 35.9 Å². The maximum absolute atomic E-state index is 14.1. The minimum Gasteiger partial charge on any atom is -0.493 e. The van der Waals surface area contributed by atoms with Crippen LogP contribution in [0.15, 0.2) is 89.6 Å². The van der Waals surface area contributed by atoms with Crippen molar-refractivity contribution in [3.05, 3.63) is 117 Å². The number of piperazine rings is 1. The number of nitro groups is 1. The number of aromatic nitrogens is 2. The van der Waals surface area contributed by atoms with E-state index in [1.54, 1.807) is 37.6 Å². The molecule has 0 unspecified atom stereocenters. The van der Waals surface area contributed by atoms with Gasteiger partial charge in [0.1, 0.15) is 22.9 Å². The molecular formula is C50H57ClN6O8S. The number of allylic oxidation sites excluding steroid dienone is 1. The Balaban J connectivity index is 0.927. The summed E-state index contributed by atoms with van der Waals surface area (Å²) in [4.78, 5) is 37.7. The first-order chi connectivity index (χ1) is 31.7. The topological polar surface area (TPSA) is 169 Å². The number of carbonyl (C=O) groups is 1. The summed E-state index contributed by atoms with van der Waals surface area (Å²) in [5.74, 6) is 0.190. The number of sulfonamides is 1. The van der Waals surface area contributed by atoms with E-state index in [1.165, 1.54) is 29.0 Å². The van der Waals surface area contributed by atoms with Crippen molar-refractivity contribution >= 4 is 55.5 Å². The van der Waals surface area contributed by atoms with Gasteiger partial charge in [0.25, 0.3) is 21.6 Å². The minimum absolute atomic E-state index is 0.0388. The molecule has 1 atom stereocenters. The first-order valence-corrected chi connectivity index (χ1v) is 24.8. The summed E-state index contributed by atoms with van der Waals surface area (Å²) in [6, 6.07) is 19.2. The Morgan fingerprint density at radius 3 is 2.53 bits per heavy atom. The molecule has 16 heteroatoms. The molecule has 3 aromatic carbocycles. The number of nitro benzene ring substituents is 1. The zero-order chi connectivity index (χ0) is 46.2. The number of H-pyrrole nitrogens is 1. The first-order valence-electron chi connectivity index (χ1n) is 22.9. The van der Waals surface area contributed by atoms with Gasteiger partial charge in [-0.3, -0.25) is 19.8 Å². The van der Waals surface area contributed by atoms with Gasteiger partial charge < -0.3 is 24.1 Å². The molecule has 2 aliphatic carbocycles. The highest BCUT2D eigenvalue weighted by Crippen LogP contribution is 2.44. The Labute approximate surface area is 390 Å². The van der Waals surface area contributed by atoms with Crippen LogP contribution in [0.25, 0.3) is 16.6 Å². The number of ether oxygens (including phenoxy) is 3. The standard InChI is InChI=1S/C50H57ClN6O8S/c1-50(2)16-14-36(44(28-50)34-6-8-37(51)9-7-34)30-55-18-20-56(21-19-55)38-10-13-42(47(25-38)65-40-24-35-15-17-52-48(35)53-29-40)49(58)54-66(61,62)41-26-45(57(59)60)43-23-33(31-64-46(43)27-41)22-32-4-11-39(63-3)12-5-32/h6-10,13,15,17,24-27,29,32-33,39H,4-5,11-12,14,16,18-23,28,30-31H2,1-3H3,(H,52,53)(H,54,58)/t32?,33-,39?/m1/s1. The van der Waals surface area contributed by atoms with E-state index in [1.807, 2.05) is 18.2 Å². The summed E-state index contributed by atoms with van der Waals surface area (Å²) in [5.41, 5.74) is 5.78. The van der Waals surface area contributed by atoms with Crippen molar-refractivity contribution in [2.24, 2.45) is 17.3 Å². The monoisotopic (exact) mass is 936 g/mol. The van der Waals surface area contributed by atoms with Gasteiger partial charge in [-0.2, -0.15) is 0 Å². The smallest absolute Gasteiger partial charge is 0.277 e. The van der Waals surface area contributed by atoms with Crippen LogP contribution in [0, 0.1) is 27.4 Å². The molecular weight excluding hydrogens is 880 g/mol. The molecule has 1 amide bonds. The molecule has 1 saturated heterocycles. The van der Waals surface area contributed by atoms with Crippen LogP contribution in [0.4, 0.5) is 11.4 Å². The summed E-state index contributed by atoms with van der Waals surface area (Å²) in [5, 5.41) is 14.0. The van der Waals surface area contributed by atoms with E-state index < -0.39 is 25.7 Å². The van der Waals surface area contributed by atoms with Crippen LogP contribution in [0.2, 0.25) is 5.02 Å². The summed E-state index contributed by atoms with van der Waals surface area (Å²) in [6.45, 7) is 8.95. The van der Waals surface area contributed by atoms with Crippen LogP contribution < -0.4 is 19.1 Å². The fraction of sp³-hybridized carbons (Fsp3) is 0.440. The zero-order valence-corrected chi connectivity index (χ0v) is 39.3. The fourth-order valence-electron chi connectivity index (χ4n) is 10.3. The average molecular weight is 938 g/mol. The predicted molar refractivity (Wildman–Crippen MR) is 255 cm³/mol. The summed E-state index contributed by atoms with van der Waals surface area (Å²) < 4.78 is 48.1. The number of anilines is 1. The molecule has 5 aromatic rings. The molecule has 4 heterocycles.